The van der Waals surface area contributed by atoms with Crippen molar-refractivity contribution in [3.05, 3.63) is 29.3 Å². The summed E-state index contributed by atoms with van der Waals surface area (Å²) in [6, 6.07) is 4.74. The topological polar surface area (TPSA) is 89.3 Å². The normalized spacial score (nSPS) is 12.5. The van der Waals surface area contributed by atoms with E-state index in [0.29, 0.717) is 16.8 Å². The van der Waals surface area contributed by atoms with Gasteiger partial charge in [0.2, 0.25) is 5.91 Å². The van der Waals surface area contributed by atoms with Crippen molar-refractivity contribution >= 4 is 23.3 Å². The molecule has 0 aromatic heterocycles. The highest BCUT2D eigenvalue weighted by Crippen LogP contribution is 2.23. The average molecular weight is 228 g/mol. The third kappa shape index (κ3) is 2.16. The lowest BCUT2D eigenvalue weighted by Gasteiger charge is -1.96. The summed E-state index contributed by atoms with van der Waals surface area (Å²) in [6.45, 7) is 0. The van der Waals surface area contributed by atoms with Gasteiger partial charge in [0, 0.05) is 5.56 Å². The Balaban J connectivity index is 2.26. The Bertz CT molecular complexity index is 594. The van der Waals surface area contributed by atoms with Crippen molar-refractivity contribution in [3.8, 4) is 11.8 Å². The largest absolute Gasteiger partial charge is 0.369 e. The molecule has 1 aromatic rings. The van der Waals surface area contributed by atoms with E-state index in [0.717, 1.165) is 0 Å². The molecule has 0 saturated heterocycles. The minimum atomic E-state index is -0.637. The van der Waals surface area contributed by atoms with Crippen molar-refractivity contribution in [2.75, 3.05) is 5.32 Å². The van der Waals surface area contributed by atoms with Crippen LogP contribution in [0, 0.1) is 11.8 Å². The number of hydrogen-bond donors (Lipinski definition) is 2. The van der Waals surface area contributed by atoms with Gasteiger partial charge in [-0.25, -0.2) is 0 Å². The second kappa shape index (κ2) is 4.10. The van der Waals surface area contributed by atoms with Crippen molar-refractivity contribution in [1.82, 2.24) is 0 Å². The van der Waals surface area contributed by atoms with Crippen LogP contribution in [0.4, 0.5) is 5.69 Å². The smallest absolute Gasteiger partial charge is 0.296 e. The summed E-state index contributed by atoms with van der Waals surface area (Å²) in [5.41, 5.74) is 6.34. The van der Waals surface area contributed by atoms with Crippen molar-refractivity contribution in [1.29, 1.82) is 0 Å². The van der Waals surface area contributed by atoms with Crippen LogP contribution in [-0.2, 0) is 9.59 Å². The van der Waals surface area contributed by atoms with Crippen molar-refractivity contribution in [2.24, 2.45) is 5.73 Å². The number of benzene rings is 1. The zero-order valence-electron chi connectivity index (χ0n) is 8.74. The van der Waals surface area contributed by atoms with E-state index in [1.807, 2.05) is 0 Å². The second-order valence-corrected chi connectivity index (χ2v) is 3.49. The SMILES string of the molecule is NC(=O)CC#Cc1ccc2c(c1)NC(=O)C2=O. The maximum absolute atomic E-state index is 11.3. The van der Waals surface area contributed by atoms with E-state index in [9.17, 15) is 14.4 Å². The molecule has 0 unspecified atom stereocenters. The fourth-order valence-corrected chi connectivity index (χ4v) is 1.46. The summed E-state index contributed by atoms with van der Waals surface area (Å²) in [4.78, 5) is 32.9. The fraction of sp³-hybridized carbons (Fsp3) is 0.0833. The minimum absolute atomic E-state index is 0.0254. The van der Waals surface area contributed by atoms with Gasteiger partial charge in [0.25, 0.3) is 11.7 Å². The molecule has 1 aliphatic heterocycles. The molecule has 0 atom stereocenters. The highest BCUT2D eigenvalue weighted by Gasteiger charge is 2.27. The number of carbonyl (C=O) groups excluding carboxylic acids is 3. The number of rotatable bonds is 1. The van der Waals surface area contributed by atoms with Gasteiger partial charge in [0.15, 0.2) is 0 Å². The zero-order valence-corrected chi connectivity index (χ0v) is 8.74. The third-order valence-electron chi connectivity index (χ3n) is 2.21. The molecule has 2 amide bonds. The van der Waals surface area contributed by atoms with Crippen LogP contribution in [0.3, 0.4) is 0 Å². The van der Waals surface area contributed by atoms with E-state index < -0.39 is 17.6 Å². The number of fused-ring (bicyclic) bond motifs is 1. The van der Waals surface area contributed by atoms with Gasteiger partial charge in [-0.1, -0.05) is 11.8 Å². The first-order chi connectivity index (χ1) is 8.08. The lowest BCUT2D eigenvalue weighted by molar-refractivity contribution is -0.117. The van der Waals surface area contributed by atoms with Crippen LogP contribution in [0.25, 0.3) is 0 Å². The number of anilines is 1. The number of nitrogens with two attached hydrogens (primary N) is 1. The van der Waals surface area contributed by atoms with Crippen molar-refractivity contribution in [3.63, 3.8) is 0 Å². The van der Waals surface area contributed by atoms with E-state index >= 15 is 0 Å². The van der Waals surface area contributed by atoms with Crippen LogP contribution >= 0.6 is 0 Å². The molecule has 3 N–H and O–H groups in total. The Hall–Kier alpha value is -2.61. The first-order valence-electron chi connectivity index (χ1n) is 4.85. The standard InChI is InChI=1S/C12H8N2O3/c13-10(15)3-1-2-7-4-5-8-9(6-7)14-12(17)11(8)16/h4-6H,3H2,(H2,13,15)(H,14,16,17). The molecule has 2 rings (SSSR count). The Labute approximate surface area is 97.0 Å². The molecule has 1 aliphatic rings. The summed E-state index contributed by atoms with van der Waals surface area (Å²) in [5, 5.41) is 2.44. The molecule has 0 radical (unpaired) electrons. The maximum atomic E-state index is 11.3. The molecule has 17 heavy (non-hydrogen) atoms. The van der Waals surface area contributed by atoms with Crippen LogP contribution in [0.2, 0.25) is 0 Å². The number of ketones is 1. The molecule has 84 valence electrons. The van der Waals surface area contributed by atoms with Crippen LogP contribution in [0.1, 0.15) is 22.3 Å². The predicted octanol–water partition coefficient (Wildman–Crippen LogP) is 0.0483. The van der Waals surface area contributed by atoms with Gasteiger partial charge in [0.05, 0.1) is 17.7 Å². The average Bonchev–Trinajstić information content (AvgIpc) is 2.54. The Morgan fingerprint density at radius 2 is 2.12 bits per heavy atom. The quantitative estimate of drug-likeness (QED) is 0.525. The van der Waals surface area contributed by atoms with E-state index in [1.165, 1.54) is 6.07 Å². The van der Waals surface area contributed by atoms with Gasteiger partial charge in [-0.05, 0) is 18.2 Å². The van der Waals surface area contributed by atoms with Gasteiger partial charge < -0.3 is 11.1 Å². The molecular formula is C12H8N2O3. The van der Waals surface area contributed by atoms with Gasteiger partial charge >= 0.3 is 0 Å². The highest BCUT2D eigenvalue weighted by molar-refractivity contribution is 6.51. The Kier molecular flexibility index (Phi) is 2.63. The molecule has 5 heteroatoms. The highest BCUT2D eigenvalue weighted by atomic mass is 16.2. The first kappa shape index (κ1) is 10.9. The Morgan fingerprint density at radius 1 is 1.35 bits per heavy atom. The van der Waals surface area contributed by atoms with Gasteiger partial charge in [-0.3, -0.25) is 14.4 Å². The predicted molar refractivity (Wildman–Crippen MR) is 60.1 cm³/mol. The van der Waals surface area contributed by atoms with Crippen molar-refractivity contribution in [2.45, 2.75) is 6.42 Å². The number of primary amides is 1. The summed E-state index contributed by atoms with van der Waals surface area (Å²) < 4.78 is 0. The summed E-state index contributed by atoms with van der Waals surface area (Å²) in [6.07, 6.45) is -0.0254. The van der Waals surface area contributed by atoms with Crippen LogP contribution in [-0.4, -0.2) is 17.6 Å². The fourth-order valence-electron chi connectivity index (χ4n) is 1.46. The molecule has 0 aliphatic carbocycles. The second-order valence-electron chi connectivity index (χ2n) is 3.49. The number of hydrogen-bond acceptors (Lipinski definition) is 3. The lowest BCUT2D eigenvalue weighted by Crippen LogP contribution is -2.12. The molecule has 1 heterocycles. The van der Waals surface area contributed by atoms with E-state index in [-0.39, 0.29) is 6.42 Å². The summed E-state index contributed by atoms with van der Waals surface area (Å²) in [5.74, 6) is 3.63. The molecule has 0 spiro atoms. The third-order valence-corrected chi connectivity index (χ3v) is 2.21. The number of carbonyl (C=O) groups is 3. The molecule has 1 aromatic carbocycles. The van der Waals surface area contributed by atoms with E-state index in [1.54, 1.807) is 12.1 Å². The number of Topliss-reactive ketones (excluding diaryl/α,β-unsaturated/α-hetero) is 1. The Morgan fingerprint density at radius 3 is 2.82 bits per heavy atom. The monoisotopic (exact) mass is 228 g/mol. The molecule has 0 bridgehead atoms. The number of nitrogens with one attached hydrogen (secondary N) is 1. The zero-order chi connectivity index (χ0) is 12.4. The van der Waals surface area contributed by atoms with E-state index in [4.69, 9.17) is 5.73 Å². The van der Waals surface area contributed by atoms with Crippen LogP contribution in [0.15, 0.2) is 18.2 Å². The molecule has 0 saturated carbocycles. The minimum Gasteiger partial charge on any atom is -0.369 e. The van der Waals surface area contributed by atoms with Crippen LogP contribution < -0.4 is 11.1 Å². The first-order valence-corrected chi connectivity index (χ1v) is 4.85. The van der Waals surface area contributed by atoms with Gasteiger partial charge in [0.1, 0.15) is 0 Å². The number of amides is 2. The van der Waals surface area contributed by atoms with Gasteiger partial charge in [-0.15, -0.1) is 0 Å². The van der Waals surface area contributed by atoms with Crippen molar-refractivity contribution < 1.29 is 14.4 Å². The maximum Gasteiger partial charge on any atom is 0.296 e. The molecule has 0 fully saturated rings. The van der Waals surface area contributed by atoms with E-state index in [2.05, 4.69) is 17.2 Å². The lowest BCUT2D eigenvalue weighted by atomic mass is 10.1. The van der Waals surface area contributed by atoms with Crippen LogP contribution in [0.5, 0.6) is 0 Å². The summed E-state index contributed by atoms with van der Waals surface area (Å²) in [7, 11) is 0. The molecular weight excluding hydrogens is 220 g/mol. The summed E-state index contributed by atoms with van der Waals surface area (Å²) >= 11 is 0. The molecule has 5 nitrogen and oxygen atoms in total. The van der Waals surface area contributed by atoms with Gasteiger partial charge in [-0.2, -0.15) is 0 Å².